The number of nitrogens with one attached hydrogen (secondary N) is 2. The maximum Gasteiger partial charge on any atom is 0.416 e. The number of para-hydroxylation sites is 2. The predicted molar refractivity (Wildman–Crippen MR) is 99.9 cm³/mol. The lowest BCUT2D eigenvalue weighted by molar-refractivity contribution is -0.137. The zero-order valence-corrected chi connectivity index (χ0v) is 14.7. The van der Waals surface area contributed by atoms with Crippen molar-refractivity contribution in [3.05, 3.63) is 78.0 Å². The van der Waals surface area contributed by atoms with Gasteiger partial charge in [0.05, 0.1) is 30.2 Å². The van der Waals surface area contributed by atoms with Gasteiger partial charge in [0.2, 0.25) is 0 Å². The van der Waals surface area contributed by atoms with E-state index in [1.807, 2.05) is 24.3 Å². The van der Waals surface area contributed by atoms with Gasteiger partial charge in [-0.05, 0) is 48.5 Å². The van der Waals surface area contributed by atoms with E-state index in [-0.39, 0.29) is 11.4 Å². The molecule has 0 saturated carbocycles. The van der Waals surface area contributed by atoms with Crippen molar-refractivity contribution in [2.75, 3.05) is 17.7 Å². The summed E-state index contributed by atoms with van der Waals surface area (Å²) in [5, 5.41) is 5.70. The molecule has 144 valence electrons. The number of anilines is 3. The lowest BCUT2D eigenvalue weighted by Gasteiger charge is -2.11. The van der Waals surface area contributed by atoms with E-state index in [1.54, 1.807) is 19.2 Å². The van der Waals surface area contributed by atoms with E-state index < -0.39 is 17.6 Å². The Kier molecular flexibility index (Phi) is 5.49. The molecule has 0 radical (unpaired) electrons. The molecule has 28 heavy (non-hydrogen) atoms. The lowest BCUT2D eigenvalue weighted by Crippen LogP contribution is -2.13. The van der Waals surface area contributed by atoms with Gasteiger partial charge < -0.3 is 15.4 Å². The molecule has 5 nitrogen and oxygen atoms in total. The smallest absolute Gasteiger partial charge is 0.416 e. The Morgan fingerprint density at radius 2 is 1.71 bits per heavy atom. The van der Waals surface area contributed by atoms with Gasteiger partial charge in [-0.1, -0.05) is 12.1 Å². The van der Waals surface area contributed by atoms with Crippen LogP contribution in [0.4, 0.5) is 30.4 Å². The van der Waals surface area contributed by atoms with Crippen LogP contribution in [0.15, 0.2) is 66.9 Å². The Hall–Kier alpha value is -3.55. The molecular weight excluding hydrogens is 371 g/mol. The first-order valence-corrected chi connectivity index (χ1v) is 8.21. The van der Waals surface area contributed by atoms with E-state index in [0.717, 1.165) is 30.0 Å². The molecule has 0 saturated heterocycles. The topological polar surface area (TPSA) is 63.2 Å². The van der Waals surface area contributed by atoms with Crippen LogP contribution in [0.3, 0.4) is 0 Å². The number of ether oxygens (including phenoxy) is 1. The number of carbonyl (C=O) groups is 1. The van der Waals surface area contributed by atoms with Gasteiger partial charge >= 0.3 is 6.18 Å². The zero-order valence-electron chi connectivity index (χ0n) is 14.7. The van der Waals surface area contributed by atoms with Crippen LogP contribution in [0.1, 0.15) is 15.9 Å². The summed E-state index contributed by atoms with van der Waals surface area (Å²) in [6, 6.07) is 14.6. The van der Waals surface area contributed by atoms with E-state index >= 15 is 0 Å². The number of carbonyl (C=O) groups excluding carboxylic acids is 1. The van der Waals surface area contributed by atoms with E-state index in [1.165, 1.54) is 6.20 Å². The fourth-order valence-electron chi connectivity index (χ4n) is 2.44. The van der Waals surface area contributed by atoms with Crippen molar-refractivity contribution in [3.63, 3.8) is 0 Å². The van der Waals surface area contributed by atoms with Crippen molar-refractivity contribution in [2.45, 2.75) is 6.18 Å². The number of benzene rings is 2. The Labute approximate surface area is 159 Å². The minimum atomic E-state index is -4.44. The van der Waals surface area contributed by atoms with Gasteiger partial charge in [0.25, 0.3) is 5.91 Å². The molecule has 0 bridgehead atoms. The number of halogens is 3. The number of nitrogens with zero attached hydrogens (tertiary/aromatic N) is 1. The van der Waals surface area contributed by atoms with Crippen LogP contribution in [-0.2, 0) is 6.18 Å². The van der Waals surface area contributed by atoms with Gasteiger partial charge in [-0.2, -0.15) is 13.2 Å². The number of rotatable bonds is 5. The number of methoxy groups -OCH3 is 1. The highest BCUT2D eigenvalue weighted by Gasteiger charge is 2.30. The molecule has 0 unspecified atom stereocenters. The normalized spacial score (nSPS) is 11.0. The quantitative estimate of drug-likeness (QED) is 0.639. The van der Waals surface area contributed by atoms with Crippen molar-refractivity contribution in [3.8, 4) is 5.75 Å². The fourth-order valence-corrected chi connectivity index (χ4v) is 2.44. The molecule has 3 aromatic rings. The average molecular weight is 387 g/mol. The summed E-state index contributed by atoms with van der Waals surface area (Å²) in [4.78, 5) is 16.3. The van der Waals surface area contributed by atoms with Crippen molar-refractivity contribution in [2.24, 2.45) is 0 Å². The Balaban J connectivity index is 1.66. The predicted octanol–water partition coefficient (Wildman–Crippen LogP) is 5.10. The molecule has 3 rings (SSSR count). The first-order chi connectivity index (χ1) is 13.4. The summed E-state index contributed by atoms with van der Waals surface area (Å²) in [6.07, 6.45) is -2.92. The van der Waals surface area contributed by atoms with Gasteiger partial charge in [-0.3, -0.25) is 4.79 Å². The highest BCUT2D eigenvalue weighted by molar-refractivity contribution is 6.03. The van der Waals surface area contributed by atoms with Crippen LogP contribution in [0, 0.1) is 0 Å². The number of alkyl halides is 3. The molecule has 2 aromatic carbocycles. The Morgan fingerprint density at radius 3 is 2.32 bits per heavy atom. The average Bonchev–Trinajstić information content (AvgIpc) is 2.69. The van der Waals surface area contributed by atoms with Gasteiger partial charge in [-0.15, -0.1) is 0 Å². The molecular formula is C20H16F3N3O2. The lowest BCUT2D eigenvalue weighted by atomic mass is 10.1. The maximum absolute atomic E-state index is 12.6. The van der Waals surface area contributed by atoms with E-state index in [0.29, 0.717) is 11.4 Å². The molecule has 0 aliphatic rings. The first-order valence-electron chi connectivity index (χ1n) is 8.21. The SMILES string of the molecule is COc1ccccc1Nc1ccc(NC(=O)c2ccc(C(F)(F)F)cc2)nc1. The molecule has 0 fully saturated rings. The summed E-state index contributed by atoms with van der Waals surface area (Å²) in [5.41, 5.74) is 0.727. The summed E-state index contributed by atoms with van der Waals surface area (Å²) >= 11 is 0. The van der Waals surface area contributed by atoms with E-state index in [4.69, 9.17) is 4.74 Å². The molecule has 8 heteroatoms. The van der Waals surface area contributed by atoms with Gasteiger partial charge in [-0.25, -0.2) is 4.98 Å². The Morgan fingerprint density at radius 1 is 1.00 bits per heavy atom. The number of hydrogen-bond acceptors (Lipinski definition) is 4. The number of aromatic nitrogens is 1. The van der Waals surface area contributed by atoms with Crippen LogP contribution in [0.2, 0.25) is 0 Å². The van der Waals surface area contributed by atoms with Gasteiger partial charge in [0.15, 0.2) is 0 Å². The summed E-state index contributed by atoms with van der Waals surface area (Å²) in [6.45, 7) is 0. The number of amides is 1. The van der Waals surface area contributed by atoms with Crippen LogP contribution in [-0.4, -0.2) is 18.0 Å². The molecule has 1 aromatic heterocycles. The molecule has 1 amide bonds. The number of hydrogen-bond donors (Lipinski definition) is 2. The van der Waals surface area contributed by atoms with Crippen molar-refractivity contribution in [1.29, 1.82) is 0 Å². The fraction of sp³-hybridized carbons (Fsp3) is 0.100. The molecule has 0 aliphatic carbocycles. The van der Waals surface area contributed by atoms with Crippen molar-refractivity contribution < 1.29 is 22.7 Å². The van der Waals surface area contributed by atoms with Crippen LogP contribution >= 0.6 is 0 Å². The van der Waals surface area contributed by atoms with Crippen molar-refractivity contribution >= 4 is 23.1 Å². The van der Waals surface area contributed by atoms with Crippen LogP contribution < -0.4 is 15.4 Å². The summed E-state index contributed by atoms with van der Waals surface area (Å²) < 4.78 is 43.0. The molecule has 2 N–H and O–H groups in total. The minimum absolute atomic E-state index is 0.103. The monoisotopic (exact) mass is 387 g/mol. The molecule has 0 spiro atoms. The molecule has 0 atom stereocenters. The van der Waals surface area contributed by atoms with Gasteiger partial charge in [0.1, 0.15) is 11.6 Å². The maximum atomic E-state index is 12.6. The highest BCUT2D eigenvalue weighted by atomic mass is 19.4. The van der Waals surface area contributed by atoms with Crippen LogP contribution in [0.25, 0.3) is 0 Å². The number of pyridine rings is 1. The van der Waals surface area contributed by atoms with Gasteiger partial charge in [0, 0.05) is 5.56 Å². The third-order valence-corrected chi connectivity index (χ3v) is 3.87. The molecule has 0 aliphatic heterocycles. The Bertz CT molecular complexity index is 956. The zero-order chi connectivity index (χ0) is 20.1. The van der Waals surface area contributed by atoms with E-state index in [2.05, 4.69) is 15.6 Å². The van der Waals surface area contributed by atoms with E-state index in [9.17, 15) is 18.0 Å². The third kappa shape index (κ3) is 4.59. The standard InChI is InChI=1S/C20H16F3N3O2/c1-28-17-5-3-2-4-16(17)25-15-10-11-18(24-12-15)26-19(27)13-6-8-14(9-7-13)20(21,22)23/h2-12,25H,1H3,(H,24,26,27). The largest absolute Gasteiger partial charge is 0.495 e. The third-order valence-electron chi connectivity index (χ3n) is 3.87. The first kappa shape index (κ1) is 19.2. The van der Waals surface area contributed by atoms with Crippen LogP contribution in [0.5, 0.6) is 5.75 Å². The second kappa shape index (κ2) is 7.99. The van der Waals surface area contributed by atoms with Crippen molar-refractivity contribution in [1.82, 2.24) is 4.98 Å². The second-order valence-electron chi connectivity index (χ2n) is 5.79. The second-order valence-corrected chi connectivity index (χ2v) is 5.79. The summed E-state index contributed by atoms with van der Waals surface area (Å²) in [5.74, 6) is 0.393. The minimum Gasteiger partial charge on any atom is -0.495 e. The highest BCUT2D eigenvalue weighted by Crippen LogP contribution is 2.29. The summed E-state index contributed by atoms with van der Waals surface area (Å²) in [7, 11) is 1.57. The molecule has 1 heterocycles.